The summed E-state index contributed by atoms with van der Waals surface area (Å²) >= 11 is 0. The summed E-state index contributed by atoms with van der Waals surface area (Å²) in [5.41, 5.74) is 4.94. The Morgan fingerprint density at radius 1 is 1.14 bits per heavy atom. The zero-order valence-electron chi connectivity index (χ0n) is 18.4. The van der Waals surface area contributed by atoms with Crippen LogP contribution in [0.15, 0.2) is 63.8 Å². The second kappa shape index (κ2) is 8.70. The number of nitrogens with zero attached hydrogens (tertiary/aromatic N) is 4. The number of H-pyrrole nitrogens is 1. The third-order valence-electron chi connectivity index (χ3n) is 5.37. The van der Waals surface area contributed by atoms with E-state index in [1.807, 2.05) is 0 Å². The van der Waals surface area contributed by atoms with Gasteiger partial charge in [0.25, 0.3) is 11.1 Å². The third-order valence-corrected chi connectivity index (χ3v) is 5.37. The molecule has 0 aliphatic rings. The van der Waals surface area contributed by atoms with Gasteiger partial charge in [0.15, 0.2) is 5.82 Å². The number of nitrogens with one attached hydrogen (secondary N) is 1. The fourth-order valence-electron chi connectivity index (χ4n) is 3.73. The van der Waals surface area contributed by atoms with E-state index in [-0.39, 0.29) is 16.5 Å². The quantitative estimate of drug-likeness (QED) is 0.262. The molecule has 12 heteroatoms. The third kappa shape index (κ3) is 4.37. The van der Waals surface area contributed by atoms with Crippen LogP contribution in [0.25, 0.3) is 38.7 Å². The van der Waals surface area contributed by atoms with E-state index < -0.39 is 34.5 Å². The van der Waals surface area contributed by atoms with Gasteiger partial charge in [-0.25, -0.2) is 4.39 Å². The predicted molar refractivity (Wildman–Crippen MR) is 124 cm³/mol. The van der Waals surface area contributed by atoms with Crippen molar-refractivity contribution in [3.8, 4) is 22.3 Å². The van der Waals surface area contributed by atoms with Gasteiger partial charge in [-0.3, -0.25) is 14.6 Å². The van der Waals surface area contributed by atoms with E-state index in [0.717, 1.165) is 6.20 Å². The molecule has 4 aromatic heterocycles. The SMILES string of the molecule is Cn1cc(-c2cccnc2)c(-c2cn(C)c(=O)c3[nH]c(C(C=NC(F)(F)F)=CN)c(F)c23)cc1=O. The molecule has 0 atom stereocenters. The second-order valence-corrected chi connectivity index (χ2v) is 7.66. The minimum atomic E-state index is -4.90. The average Bonchev–Trinajstić information content (AvgIpc) is 3.15. The maximum Gasteiger partial charge on any atom is 0.503 e. The average molecular weight is 486 g/mol. The van der Waals surface area contributed by atoms with Crippen molar-refractivity contribution < 1.29 is 17.6 Å². The smallest absolute Gasteiger partial charge is 0.404 e. The first-order valence-electron chi connectivity index (χ1n) is 10.1. The number of allylic oxidation sites excluding steroid dienone is 1. The van der Waals surface area contributed by atoms with Crippen LogP contribution in [-0.2, 0) is 14.1 Å². The van der Waals surface area contributed by atoms with Crippen LogP contribution in [0, 0.1) is 5.82 Å². The van der Waals surface area contributed by atoms with Crippen LogP contribution in [-0.4, -0.2) is 31.6 Å². The Hall–Kier alpha value is -4.48. The lowest BCUT2D eigenvalue weighted by Gasteiger charge is -2.13. The van der Waals surface area contributed by atoms with Gasteiger partial charge in [0.1, 0.15) is 5.52 Å². The number of hydrogen-bond donors (Lipinski definition) is 2. The van der Waals surface area contributed by atoms with Gasteiger partial charge in [0, 0.05) is 79.6 Å². The van der Waals surface area contributed by atoms with Crippen LogP contribution in [0.4, 0.5) is 17.6 Å². The van der Waals surface area contributed by atoms with Gasteiger partial charge in [-0.15, -0.1) is 13.2 Å². The summed E-state index contributed by atoms with van der Waals surface area (Å²) in [4.78, 5) is 34.4. The maximum atomic E-state index is 15.7. The summed E-state index contributed by atoms with van der Waals surface area (Å²) in [6.45, 7) is 0. The Morgan fingerprint density at radius 3 is 2.49 bits per heavy atom. The molecule has 4 aromatic rings. The number of rotatable bonds is 4. The number of alkyl halides is 3. The van der Waals surface area contributed by atoms with Crippen molar-refractivity contribution in [2.24, 2.45) is 24.8 Å². The van der Waals surface area contributed by atoms with E-state index in [1.165, 1.54) is 28.4 Å². The summed E-state index contributed by atoms with van der Waals surface area (Å²) in [6, 6.07) is 4.73. The molecule has 4 rings (SSSR count). The molecule has 0 bridgehead atoms. The molecule has 0 amide bonds. The summed E-state index contributed by atoms with van der Waals surface area (Å²) in [7, 11) is 2.98. The number of pyridine rings is 3. The Morgan fingerprint density at radius 2 is 1.86 bits per heavy atom. The van der Waals surface area contributed by atoms with Gasteiger partial charge in [-0.05, 0) is 11.6 Å². The largest absolute Gasteiger partial charge is 0.503 e. The van der Waals surface area contributed by atoms with Crippen LogP contribution in [0.1, 0.15) is 5.69 Å². The molecule has 180 valence electrons. The van der Waals surface area contributed by atoms with Crippen molar-refractivity contribution in [1.29, 1.82) is 0 Å². The minimum absolute atomic E-state index is 0.169. The highest BCUT2D eigenvalue weighted by molar-refractivity contribution is 6.11. The zero-order chi connectivity index (χ0) is 25.5. The summed E-state index contributed by atoms with van der Waals surface area (Å²) in [6.07, 6.45) is 2.24. The van der Waals surface area contributed by atoms with Gasteiger partial charge in [0.2, 0.25) is 0 Å². The lowest BCUT2D eigenvalue weighted by molar-refractivity contribution is -0.118. The number of halogens is 4. The number of aliphatic imine (C=N–C) groups is 1. The first-order valence-corrected chi connectivity index (χ1v) is 10.1. The molecule has 8 nitrogen and oxygen atoms in total. The first-order chi connectivity index (χ1) is 16.5. The van der Waals surface area contributed by atoms with Gasteiger partial charge in [-0.2, -0.15) is 4.99 Å². The topological polar surface area (TPSA) is 111 Å². The standard InChI is InChI=1S/C23H18F4N6O2/c1-32-10-15(12-4-3-5-29-8-12)14(6-17(32)34)16-11-33(2)22(35)21-18(16)19(24)20(31-21)13(7-28)9-30-23(25,26)27/h3-11,31H,28H2,1-2H3. The molecule has 0 aliphatic heterocycles. The fourth-order valence-corrected chi connectivity index (χ4v) is 3.73. The Labute approximate surface area is 194 Å². The number of hydrogen-bond acceptors (Lipinski definition) is 5. The first kappa shape index (κ1) is 23.7. The lowest BCUT2D eigenvalue weighted by atomic mass is 9.96. The van der Waals surface area contributed by atoms with Crippen molar-refractivity contribution in [2.45, 2.75) is 6.30 Å². The number of aromatic amines is 1. The van der Waals surface area contributed by atoms with Crippen molar-refractivity contribution in [3.05, 3.63) is 81.4 Å². The highest BCUT2D eigenvalue weighted by atomic mass is 19.4. The Balaban J connectivity index is 2.07. The van der Waals surface area contributed by atoms with Crippen molar-refractivity contribution in [3.63, 3.8) is 0 Å². The molecule has 0 radical (unpaired) electrons. The molecule has 0 aromatic carbocycles. The number of nitrogens with two attached hydrogens (primary N) is 1. The molecular formula is C23H18F4N6O2. The zero-order valence-corrected chi connectivity index (χ0v) is 18.4. The fraction of sp³-hybridized carbons (Fsp3) is 0.130. The molecule has 0 saturated carbocycles. The van der Waals surface area contributed by atoms with Crippen LogP contribution in [0.3, 0.4) is 0 Å². The highest BCUT2D eigenvalue weighted by Gasteiger charge is 2.27. The molecule has 0 saturated heterocycles. The van der Waals surface area contributed by atoms with Crippen LogP contribution >= 0.6 is 0 Å². The number of aromatic nitrogens is 4. The maximum absolute atomic E-state index is 15.7. The van der Waals surface area contributed by atoms with E-state index in [4.69, 9.17) is 5.73 Å². The summed E-state index contributed by atoms with van der Waals surface area (Å²) < 4.78 is 56.0. The molecule has 3 N–H and O–H groups in total. The van der Waals surface area contributed by atoms with Crippen molar-refractivity contribution in [1.82, 2.24) is 19.1 Å². The second-order valence-electron chi connectivity index (χ2n) is 7.66. The Bertz CT molecular complexity index is 1610. The summed E-state index contributed by atoms with van der Waals surface area (Å²) in [5, 5.41) is -0.207. The molecule has 0 aliphatic carbocycles. The molecule has 35 heavy (non-hydrogen) atoms. The number of fused-ring (bicyclic) bond motifs is 1. The minimum Gasteiger partial charge on any atom is -0.404 e. The normalized spacial score (nSPS) is 12.7. The highest BCUT2D eigenvalue weighted by Crippen LogP contribution is 2.37. The van der Waals surface area contributed by atoms with Crippen molar-refractivity contribution in [2.75, 3.05) is 0 Å². The lowest BCUT2D eigenvalue weighted by Crippen LogP contribution is -2.18. The van der Waals surface area contributed by atoms with E-state index in [0.29, 0.717) is 22.9 Å². The van der Waals surface area contributed by atoms with E-state index >= 15 is 4.39 Å². The molecule has 0 unspecified atom stereocenters. The van der Waals surface area contributed by atoms with Gasteiger partial charge < -0.3 is 19.9 Å². The van der Waals surface area contributed by atoms with E-state index in [2.05, 4.69) is 15.0 Å². The van der Waals surface area contributed by atoms with E-state index in [9.17, 15) is 22.8 Å². The molecule has 0 spiro atoms. The van der Waals surface area contributed by atoms with Crippen LogP contribution < -0.4 is 16.9 Å². The van der Waals surface area contributed by atoms with Gasteiger partial charge in [-0.1, -0.05) is 6.07 Å². The molecule has 0 fully saturated rings. The van der Waals surface area contributed by atoms with E-state index in [1.54, 1.807) is 37.8 Å². The Kier molecular flexibility index (Phi) is 5.89. The van der Waals surface area contributed by atoms with Crippen molar-refractivity contribution >= 4 is 22.7 Å². The summed E-state index contributed by atoms with van der Waals surface area (Å²) in [5.74, 6) is -1.02. The van der Waals surface area contributed by atoms with Crippen LogP contribution in [0.2, 0.25) is 0 Å². The molecular weight excluding hydrogens is 468 g/mol. The molecule has 4 heterocycles. The monoisotopic (exact) mass is 486 g/mol. The van der Waals surface area contributed by atoms with Gasteiger partial charge >= 0.3 is 6.30 Å². The predicted octanol–water partition coefficient (Wildman–Crippen LogP) is 3.32. The van der Waals surface area contributed by atoms with Gasteiger partial charge in [0.05, 0.1) is 11.1 Å². The number of aryl methyl sites for hydroxylation is 2. The van der Waals surface area contributed by atoms with Crippen LogP contribution in [0.5, 0.6) is 0 Å².